The van der Waals surface area contributed by atoms with Crippen LogP contribution in [0.2, 0.25) is 0 Å². The SMILES string of the molecule is C1=C(c2ccc(-c3ccccc3)cc2)CCC(N(c2ccc(-c3cccc4oc5cc6oc(-c7ccccc7)nc6cc5c34)cc2)c2ccccc2-c2ccccc2)=C1. The van der Waals surface area contributed by atoms with Gasteiger partial charge in [-0.25, -0.2) is 4.98 Å². The van der Waals surface area contributed by atoms with Crippen LogP contribution in [0.15, 0.2) is 221 Å². The summed E-state index contributed by atoms with van der Waals surface area (Å²) in [5, 5.41) is 2.08. The molecule has 0 saturated heterocycles. The number of fused-ring (bicyclic) bond motifs is 4. The van der Waals surface area contributed by atoms with Gasteiger partial charge < -0.3 is 13.7 Å². The summed E-state index contributed by atoms with van der Waals surface area (Å²) in [6, 6.07) is 68.3. The number of hydrogen-bond donors (Lipinski definition) is 0. The highest BCUT2D eigenvalue weighted by molar-refractivity contribution is 6.15. The fraction of sp³-hybridized carbons (Fsp3) is 0.0364. The van der Waals surface area contributed by atoms with E-state index in [0.717, 1.165) is 68.4 Å². The quantitative estimate of drug-likeness (QED) is 0.155. The van der Waals surface area contributed by atoms with Crippen molar-refractivity contribution in [2.45, 2.75) is 12.8 Å². The topological polar surface area (TPSA) is 42.4 Å². The largest absolute Gasteiger partial charge is 0.456 e. The second-order valence-electron chi connectivity index (χ2n) is 15.0. The van der Waals surface area contributed by atoms with Gasteiger partial charge in [-0.1, -0.05) is 152 Å². The second kappa shape index (κ2) is 14.7. The maximum Gasteiger partial charge on any atom is 0.227 e. The normalized spacial score (nSPS) is 12.8. The van der Waals surface area contributed by atoms with Crippen LogP contribution in [0.25, 0.3) is 83.4 Å². The molecule has 0 spiro atoms. The van der Waals surface area contributed by atoms with E-state index in [1.807, 2.05) is 42.5 Å². The smallest absolute Gasteiger partial charge is 0.227 e. The molecule has 0 saturated carbocycles. The molecule has 4 heteroatoms. The van der Waals surface area contributed by atoms with Crippen LogP contribution >= 0.6 is 0 Å². The summed E-state index contributed by atoms with van der Waals surface area (Å²) in [6.45, 7) is 0. The molecule has 0 radical (unpaired) electrons. The van der Waals surface area contributed by atoms with Crippen molar-refractivity contribution in [2.75, 3.05) is 4.90 Å². The zero-order valence-electron chi connectivity index (χ0n) is 32.3. The maximum atomic E-state index is 6.45. The molecule has 8 aromatic carbocycles. The monoisotopic (exact) mass is 758 g/mol. The van der Waals surface area contributed by atoms with E-state index in [0.29, 0.717) is 11.5 Å². The third-order valence-corrected chi connectivity index (χ3v) is 11.5. The van der Waals surface area contributed by atoms with Crippen LogP contribution in [0.5, 0.6) is 0 Å². The molecule has 0 unspecified atom stereocenters. The maximum absolute atomic E-state index is 6.45. The first-order valence-corrected chi connectivity index (χ1v) is 20.2. The van der Waals surface area contributed by atoms with Gasteiger partial charge in [0.15, 0.2) is 5.58 Å². The second-order valence-corrected chi connectivity index (χ2v) is 15.0. The minimum absolute atomic E-state index is 0.601. The molecule has 1 aliphatic rings. The fourth-order valence-corrected chi connectivity index (χ4v) is 8.53. The van der Waals surface area contributed by atoms with Crippen LogP contribution in [0.3, 0.4) is 0 Å². The minimum Gasteiger partial charge on any atom is -0.456 e. The number of nitrogens with zero attached hydrogens (tertiary/aromatic N) is 2. The van der Waals surface area contributed by atoms with Crippen LogP contribution in [-0.2, 0) is 0 Å². The highest BCUT2D eigenvalue weighted by Crippen LogP contribution is 2.43. The highest BCUT2D eigenvalue weighted by atomic mass is 16.4. The van der Waals surface area contributed by atoms with Gasteiger partial charge in [0.05, 0.1) is 5.69 Å². The number of hydrogen-bond acceptors (Lipinski definition) is 4. The van der Waals surface area contributed by atoms with Gasteiger partial charge >= 0.3 is 0 Å². The van der Waals surface area contributed by atoms with Crippen molar-refractivity contribution in [1.82, 2.24) is 4.98 Å². The number of oxazole rings is 1. The van der Waals surface area contributed by atoms with Gasteiger partial charge in [0.1, 0.15) is 16.7 Å². The number of aromatic nitrogens is 1. The Bertz CT molecular complexity index is 3180. The highest BCUT2D eigenvalue weighted by Gasteiger charge is 2.22. The van der Waals surface area contributed by atoms with Crippen LogP contribution in [-0.4, -0.2) is 4.98 Å². The molecule has 11 rings (SSSR count). The van der Waals surface area contributed by atoms with Crippen LogP contribution < -0.4 is 4.90 Å². The van der Waals surface area contributed by atoms with Gasteiger partial charge in [-0.2, -0.15) is 0 Å². The molecule has 1 aliphatic carbocycles. The van der Waals surface area contributed by atoms with Crippen LogP contribution in [0.1, 0.15) is 18.4 Å². The lowest BCUT2D eigenvalue weighted by molar-refractivity contribution is 0.617. The average molecular weight is 759 g/mol. The molecule has 10 aromatic rings. The number of rotatable bonds is 8. The first-order valence-electron chi connectivity index (χ1n) is 20.2. The number of anilines is 2. The van der Waals surface area contributed by atoms with Crippen molar-refractivity contribution in [1.29, 1.82) is 0 Å². The molecule has 2 aromatic heterocycles. The van der Waals surface area contributed by atoms with Gasteiger partial charge in [0.2, 0.25) is 5.89 Å². The first kappa shape index (κ1) is 34.5. The third-order valence-electron chi connectivity index (χ3n) is 11.5. The molecular formula is C55H38N2O2. The van der Waals surface area contributed by atoms with Crippen molar-refractivity contribution in [2.24, 2.45) is 0 Å². The fourth-order valence-electron chi connectivity index (χ4n) is 8.53. The van der Waals surface area contributed by atoms with Crippen LogP contribution in [0.4, 0.5) is 11.4 Å². The van der Waals surface area contributed by atoms with Crippen LogP contribution in [0, 0.1) is 0 Å². The average Bonchev–Trinajstić information content (AvgIpc) is 3.91. The predicted octanol–water partition coefficient (Wildman–Crippen LogP) is 15.3. The lowest BCUT2D eigenvalue weighted by Crippen LogP contribution is -2.18. The molecule has 0 atom stereocenters. The van der Waals surface area contributed by atoms with E-state index in [4.69, 9.17) is 13.8 Å². The van der Waals surface area contributed by atoms with Gasteiger partial charge in [-0.3, -0.25) is 0 Å². The molecule has 2 heterocycles. The lowest BCUT2D eigenvalue weighted by Gasteiger charge is -2.32. The van der Waals surface area contributed by atoms with Gasteiger partial charge in [0.25, 0.3) is 0 Å². The summed E-state index contributed by atoms with van der Waals surface area (Å²) in [5.41, 5.74) is 17.2. The Morgan fingerprint density at radius 3 is 1.76 bits per heavy atom. The Hall–Kier alpha value is -7.69. The Balaban J connectivity index is 0.979. The van der Waals surface area contributed by atoms with E-state index in [2.05, 4.69) is 169 Å². The molecule has 0 fully saturated rings. The molecule has 280 valence electrons. The third kappa shape index (κ3) is 6.41. The summed E-state index contributed by atoms with van der Waals surface area (Å²) in [6.07, 6.45) is 6.47. The molecule has 4 nitrogen and oxygen atoms in total. The molecule has 0 bridgehead atoms. The number of allylic oxidation sites excluding steroid dienone is 4. The van der Waals surface area contributed by atoms with Crippen molar-refractivity contribution in [3.63, 3.8) is 0 Å². The minimum atomic E-state index is 0.601. The Morgan fingerprint density at radius 2 is 1.03 bits per heavy atom. The summed E-state index contributed by atoms with van der Waals surface area (Å²) in [4.78, 5) is 7.31. The number of furan rings is 1. The van der Waals surface area contributed by atoms with Crippen molar-refractivity contribution < 1.29 is 8.83 Å². The molecule has 0 aliphatic heterocycles. The molecule has 59 heavy (non-hydrogen) atoms. The van der Waals surface area contributed by atoms with E-state index in [1.165, 1.54) is 39.1 Å². The molecule has 0 N–H and O–H groups in total. The van der Waals surface area contributed by atoms with Gasteiger partial charge in [-0.15, -0.1) is 0 Å². The van der Waals surface area contributed by atoms with Crippen molar-refractivity contribution in [3.8, 4) is 44.8 Å². The number of benzene rings is 8. The predicted molar refractivity (Wildman–Crippen MR) is 243 cm³/mol. The van der Waals surface area contributed by atoms with Crippen molar-refractivity contribution >= 4 is 50.0 Å². The molecule has 0 amide bonds. The van der Waals surface area contributed by atoms with E-state index < -0.39 is 0 Å². The first-order chi connectivity index (χ1) is 29.2. The number of para-hydroxylation sites is 1. The Labute approximate surface area is 342 Å². The van der Waals surface area contributed by atoms with Gasteiger partial charge in [-0.05, 0) is 100 Å². The summed E-state index contributed by atoms with van der Waals surface area (Å²) in [7, 11) is 0. The summed E-state index contributed by atoms with van der Waals surface area (Å²) in [5.74, 6) is 0.601. The van der Waals surface area contributed by atoms with E-state index >= 15 is 0 Å². The van der Waals surface area contributed by atoms with E-state index in [9.17, 15) is 0 Å². The standard InChI is InChI=1S/C55H38N2O2/c1-4-13-37(14-5-1)38-23-25-39(26-24-38)40-27-31-44(32-28-40)57(50-21-11-10-19-46(50)41-15-6-2-7-16-41)45-33-29-42(30-34-45)47-20-12-22-51-54(47)48-35-49-53(36-52(48)58-51)59-55(56-49)43-17-8-3-9-18-43/h1-27,29-31,33-36H,28,32H2. The Kier molecular flexibility index (Phi) is 8.59. The zero-order chi connectivity index (χ0) is 39.1. The van der Waals surface area contributed by atoms with E-state index in [1.54, 1.807) is 0 Å². The van der Waals surface area contributed by atoms with Crippen molar-refractivity contribution in [3.05, 3.63) is 218 Å². The summed E-state index contributed by atoms with van der Waals surface area (Å²) >= 11 is 0. The lowest BCUT2D eigenvalue weighted by atomic mass is 9.93. The summed E-state index contributed by atoms with van der Waals surface area (Å²) < 4.78 is 12.6. The Morgan fingerprint density at radius 1 is 0.424 bits per heavy atom. The van der Waals surface area contributed by atoms with Gasteiger partial charge in [0, 0.05) is 39.4 Å². The van der Waals surface area contributed by atoms with E-state index in [-0.39, 0.29) is 0 Å². The molecular weight excluding hydrogens is 721 g/mol. The zero-order valence-corrected chi connectivity index (χ0v) is 32.3.